The van der Waals surface area contributed by atoms with Crippen LogP contribution in [0.4, 0.5) is 0 Å². The molecule has 1 aromatic heterocycles. The highest BCUT2D eigenvalue weighted by atomic mass is 32.2. The van der Waals surface area contributed by atoms with Crippen LogP contribution in [0.1, 0.15) is 23.5 Å². The van der Waals surface area contributed by atoms with E-state index in [4.69, 9.17) is 19.6 Å². The van der Waals surface area contributed by atoms with Gasteiger partial charge in [-0.25, -0.2) is 0 Å². The fraction of sp³-hybridized carbons (Fsp3) is 0.520. The number of thioether (sulfide) groups is 2. The van der Waals surface area contributed by atoms with E-state index in [1.165, 1.54) is 5.56 Å². The van der Waals surface area contributed by atoms with E-state index in [0.717, 1.165) is 59.4 Å². The number of rotatable bonds is 19. The van der Waals surface area contributed by atoms with Gasteiger partial charge >= 0.3 is 0 Å². The van der Waals surface area contributed by atoms with Crippen molar-refractivity contribution in [3.8, 4) is 5.75 Å². The maximum Gasteiger partial charge on any atom is 0.274 e. The molecule has 0 aliphatic carbocycles. The average molecular weight is 539 g/mol. The summed E-state index contributed by atoms with van der Waals surface area (Å²) < 4.78 is 16.4. The number of nitrogens with zero attached hydrogens (tertiary/aromatic N) is 3. The second kappa shape index (κ2) is 17.2. The zero-order chi connectivity index (χ0) is 26.2. The summed E-state index contributed by atoms with van der Waals surface area (Å²) in [6, 6.07) is 12.1. The number of nitro groups is 1. The first-order valence-electron chi connectivity index (χ1n) is 11.8. The van der Waals surface area contributed by atoms with Crippen molar-refractivity contribution in [1.82, 2.24) is 9.80 Å². The third kappa shape index (κ3) is 12.6. The van der Waals surface area contributed by atoms with Crippen molar-refractivity contribution in [3.05, 3.63) is 75.6 Å². The van der Waals surface area contributed by atoms with Crippen molar-refractivity contribution in [2.24, 2.45) is 5.73 Å². The van der Waals surface area contributed by atoms with Crippen LogP contribution in [-0.2, 0) is 22.8 Å². The summed E-state index contributed by atoms with van der Waals surface area (Å²) in [5.41, 5.74) is 7.24. The Hall–Kier alpha value is -2.34. The van der Waals surface area contributed by atoms with E-state index in [9.17, 15) is 10.1 Å². The van der Waals surface area contributed by atoms with Crippen molar-refractivity contribution in [2.75, 3.05) is 59.0 Å². The average Bonchev–Trinajstić information content (AvgIpc) is 3.27. The van der Waals surface area contributed by atoms with Crippen LogP contribution in [0.25, 0.3) is 0 Å². The molecule has 0 unspecified atom stereocenters. The smallest absolute Gasteiger partial charge is 0.274 e. The zero-order valence-corrected chi connectivity index (χ0v) is 23.0. The van der Waals surface area contributed by atoms with Crippen LogP contribution in [0, 0.1) is 10.1 Å². The summed E-state index contributed by atoms with van der Waals surface area (Å²) >= 11 is 3.56. The van der Waals surface area contributed by atoms with E-state index < -0.39 is 4.92 Å². The minimum atomic E-state index is -0.498. The van der Waals surface area contributed by atoms with E-state index in [0.29, 0.717) is 26.3 Å². The van der Waals surface area contributed by atoms with Crippen molar-refractivity contribution in [1.29, 1.82) is 0 Å². The molecule has 0 spiro atoms. The van der Waals surface area contributed by atoms with Gasteiger partial charge in [-0.3, -0.25) is 10.1 Å². The Bertz CT molecular complexity index is 921. The molecule has 1 aromatic carbocycles. The van der Waals surface area contributed by atoms with Crippen LogP contribution in [0.3, 0.4) is 0 Å². The zero-order valence-electron chi connectivity index (χ0n) is 21.4. The lowest BCUT2D eigenvalue weighted by molar-refractivity contribution is -0.404. The normalized spacial score (nSPS) is 11.7. The van der Waals surface area contributed by atoms with Gasteiger partial charge in [-0.05, 0) is 56.1 Å². The van der Waals surface area contributed by atoms with Crippen molar-refractivity contribution >= 4 is 23.5 Å². The number of methoxy groups -OCH3 is 1. The number of hydrogen-bond donors (Lipinski definition) is 1. The molecule has 2 aromatic rings. The van der Waals surface area contributed by atoms with Gasteiger partial charge in [0.25, 0.3) is 6.20 Å². The van der Waals surface area contributed by atoms with Gasteiger partial charge in [0.15, 0.2) is 5.82 Å². The molecule has 0 saturated heterocycles. The maximum absolute atomic E-state index is 10.9. The van der Waals surface area contributed by atoms with Crippen molar-refractivity contribution in [2.45, 2.75) is 24.5 Å². The highest BCUT2D eigenvalue weighted by Gasteiger charge is 2.11. The van der Waals surface area contributed by atoms with Crippen LogP contribution in [0.2, 0.25) is 0 Å². The predicted molar refractivity (Wildman–Crippen MR) is 148 cm³/mol. The molecule has 0 amide bonds. The molecule has 2 N–H and O–H groups in total. The molecular formula is C25H38N4O5S2. The summed E-state index contributed by atoms with van der Waals surface area (Å²) in [7, 11) is 5.66. The lowest BCUT2D eigenvalue weighted by Gasteiger charge is -2.23. The van der Waals surface area contributed by atoms with Gasteiger partial charge in [0, 0.05) is 31.7 Å². The Balaban J connectivity index is 1.71. The van der Waals surface area contributed by atoms with Crippen LogP contribution in [0.5, 0.6) is 5.75 Å². The molecule has 0 atom stereocenters. The van der Waals surface area contributed by atoms with Crippen LogP contribution >= 0.6 is 23.5 Å². The maximum atomic E-state index is 10.9. The summed E-state index contributed by atoms with van der Waals surface area (Å²) in [5.74, 6) is 6.29. The molecule has 9 nitrogen and oxygen atoms in total. The summed E-state index contributed by atoms with van der Waals surface area (Å²) in [6.07, 6.45) is 1.76. The lowest BCUT2D eigenvalue weighted by Crippen LogP contribution is -2.32. The topological polar surface area (TPSA) is 107 Å². The Kier molecular flexibility index (Phi) is 14.3. The molecule has 0 bridgehead atoms. The molecule has 11 heteroatoms. The fourth-order valence-electron chi connectivity index (χ4n) is 3.28. The predicted octanol–water partition coefficient (Wildman–Crippen LogP) is 4.26. The van der Waals surface area contributed by atoms with E-state index in [-0.39, 0.29) is 5.82 Å². The Morgan fingerprint density at radius 1 is 1.06 bits per heavy atom. The van der Waals surface area contributed by atoms with Gasteiger partial charge in [-0.1, -0.05) is 12.1 Å². The SMILES string of the molecule is COCCOc1ccc(CSCCCN(CCSCc2ccc(CN(C)C)o2)C(N)=C[N+](=O)[O-])cc1. The van der Waals surface area contributed by atoms with Gasteiger partial charge in [0.2, 0.25) is 0 Å². The molecule has 0 fully saturated rings. The van der Waals surface area contributed by atoms with Gasteiger partial charge in [-0.15, -0.1) is 0 Å². The molecule has 36 heavy (non-hydrogen) atoms. The first-order valence-corrected chi connectivity index (χ1v) is 14.1. The minimum absolute atomic E-state index is 0.195. The second-order valence-electron chi connectivity index (χ2n) is 8.38. The first kappa shape index (κ1) is 29.9. The number of nitrogens with two attached hydrogens (primary N) is 1. The summed E-state index contributed by atoms with van der Waals surface area (Å²) in [4.78, 5) is 14.4. The Morgan fingerprint density at radius 3 is 2.47 bits per heavy atom. The largest absolute Gasteiger partial charge is 0.491 e. The Morgan fingerprint density at radius 2 is 1.78 bits per heavy atom. The van der Waals surface area contributed by atoms with E-state index in [1.807, 2.05) is 55.0 Å². The minimum Gasteiger partial charge on any atom is -0.491 e. The quantitative estimate of drug-likeness (QED) is 0.158. The molecule has 0 aliphatic heterocycles. The monoisotopic (exact) mass is 538 g/mol. The standard InChI is InChI=1S/C25H38N4O5S2/c1-27(2)17-23-9-10-24(34-23)20-36-16-12-28(25(26)18-29(30)31)11-4-15-35-19-21-5-7-22(8-6-21)33-14-13-32-3/h5-10,18H,4,11-17,19-20,26H2,1-3H3. The highest BCUT2D eigenvalue weighted by molar-refractivity contribution is 7.98. The van der Waals surface area contributed by atoms with Crippen molar-refractivity contribution < 1.29 is 18.8 Å². The number of ether oxygens (including phenoxy) is 2. The Labute approximate surface area is 222 Å². The van der Waals surface area contributed by atoms with Crippen LogP contribution in [-0.4, -0.2) is 73.7 Å². The van der Waals surface area contributed by atoms with E-state index in [1.54, 1.807) is 18.9 Å². The lowest BCUT2D eigenvalue weighted by atomic mass is 10.2. The van der Waals surface area contributed by atoms with Crippen molar-refractivity contribution in [3.63, 3.8) is 0 Å². The number of benzene rings is 1. The van der Waals surface area contributed by atoms with E-state index in [2.05, 4.69) is 17.0 Å². The summed E-state index contributed by atoms with van der Waals surface area (Å²) in [5, 5.41) is 10.9. The van der Waals surface area contributed by atoms with Gasteiger partial charge in [0.05, 0.1) is 23.8 Å². The first-order chi connectivity index (χ1) is 17.4. The molecule has 0 saturated carbocycles. The highest BCUT2D eigenvalue weighted by Crippen LogP contribution is 2.19. The van der Waals surface area contributed by atoms with Gasteiger partial charge in [0.1, 0.15) is 23.9 Å². The second-order valence-corrected chi connectivity index (χ2v) is 10.6. The molecular weight excluding hydrogens is 500 g/mol. The van der Waals surface area contributed by atoms with Crippen LogP contribution in [0.15, 0.2) is 52.8 Å². The molecule has 1 heterocycles. The molecule has 2 rings (SSSR count). The third-order valence-corrected chi connectivity index (χ3v) is 7.08. The van der Waals surface area contributed by atoms with Crippen LogP contribution < -0.4 is 10.5 Å². The number of furan rings is 1. The van der Waals surface area contributed by atoms with Gasteiger partial charge < -0.3 is 29.4 Å². The number of hydrogen-bond acceptors (Lipinski definition) is 10. The van der Waals surface area contributed by atoms with E-state index >= 15 is 0 Å². The fourth-order valence-corrected chi connectivity index (χ4v) is 5.03. The molecule has 200 valence electrons. The third-order valence-electron chi connectivity index (χ3n) is 5.01. The summed E-state index contributed by atoms with van der Waals surface area (Å²) in [6.45, 7) is 3.18. The molecule has 0 radical (unpaired) electrons. The molecule has 0 aliphatic rings. The van der Waals surface area contributed by atoms with Gasteiger partial charge in [-0.2, -0.15) is 23.5 Å².